The monoisotopic (exact) mass is 303 g/mol. The zero-order chi connectivity index (χ0) is 15.6. The maximum Gasteiger partial charge on any atom is 0.419 e. The highest BCUT2D eigenvalue weighted by Crippen LogP contribution is 2.33. The van der Waals surface area contributed by atoms with E-state index >= 15 is 0 Å². The highest BCUT2D eigenvalue weighted by Gasteiger charge is 2.36. The number of rotatable bonds is 2. The summed E-state index contributed by atoms with van der Waals surface area (Å²) in [5.41, 5.74) is 4.43. The molecule has 1 fully saturated rings. The first kappa shape index (κ1) is 15.9. The highest BCUT2D eigenvalue weighted by atomic mass is 19.4. The van der Waals surface area contributed by atoms with Gasteiger partial charge in [-0.1, -0.05) is 19.3 Å². The van der Waals surface area contributed by atoms with Gasteiger partial charge >= 0.3 is 6.18 Å². The van der Waals surface area contributed by atoms with Crippen LogP contribution in [0.2, 0.25) is 0 Å². The molecule has 2 nitrogen and oxygen atoms in total. The number of alkyl halides is 3. The predicted octanol–water partition coefficient (Wildman–Crippen LogP) is 3.93. The summed E-state index contributed by atoms with van der Waals surface area (Å²) in [6, 6.07) is 2.04. The van der Waals surface area contributed by atoms with Crippen LogP contribution in [0.3, 0.4) is 0 Å². The van der Waals surface area contributed by atoms with Crippen molar-refractivity contribution in [1.82, 2.24) is 0 Å². The van der Waals surface area contributed by atoms with Crippen LogP contribution < -0.4 is 5.73 Å². The van der Waals surface area contributed by atoms with Crippen LogP contribution in [-0.2, 0) is 6.18 Å². The van der Waals surface area contributed by atoms with Crippen molar-refractivity contribution in [3.63, 3.8) is 0 Å². The predicted molar refractivity (Wildman–Crippen MR) is 70.3 cm³/mol. The number of hydrogen-bond donors (Lipinski definition) is 1. The lowest BCUT2D eigenvalue weighted by Crippen LogP contribution is -2.34. The lowest BCUT2D eigenvalue weighted by atomic mass is 9.87. The number of Topliss-reactive ketones (excluding diaryl/α,β-unsaturated/α-hetero) is 1. The van der Waals surface area contributed by atoms with Gasteiger partial charge < -0.3 is 5.73 Å². The van der Waals surface area contributed by atoms with E-state index in [1.807, 2.05) is 0 Å². The van der Waals surface area contributed by atoms with E-state index in [0.29, 0.717) is 25.0 Å². The Morgan fingerprint density at radius 1 is 1.14 bits per heavy atom. The lowest BCUT2D eigenvalue weighted by molar-refractivity contribution is -0.140. The summed E-state index contributed by atoms with van der Waals surface area (Å²) in [4.78, 5) is 12.4. The quantitative estimate of drug-likeness (QED) is 0.511. The average Bonchev–Trinajstić information content (AvgIpc) is 2.62. The fourth-order valence-electron chi connectivity index (χ4n) is 2.77. The molecular weight excluding hydrogens is 286 g/mol. The Morgan fingerprint density at radius 3 is 2.48 bits per heavy atom. The summed E-state index contributed by atoms with van der Waals surface area (Å²) in [6.45, 7) is 0. The molecule has 1 aromatic rings. The first-order valence-corrected chi connectivity index (χ1v) is 6.97. The van der Waals surface area contributed by atoms with E-state index in [4.69, 9.17) is 5.73 Å². The highest BCUT2D eigenvalue weighted by molar-refractivity contribution is 5.98. The number of nitrogens with two attached hydrogens (primary N) is 1. The number of benzene rings is 1. The molecule has 2 atom stereocenters. The van der Waals surface area contributed by atoms with Crippen LogP contribution in [0.15, 0.2) is 18.2 Å². The minimum absolute atomic E-state index is 0.119. The number of halogens is 4. The number of carbonyl (C=O) groups is 1. The molecule has 6 heteroatoms. The fourth-order valence-corrected chi connectivity index (χ4v) is 2.77. The molecule has 0 bridgehead atoms. The smallest absolute Gasteiger partial charge is 0.327 e. The van der Waals surface area contributed by atoms with Gasteiger partial charge in [0.1, 0.15) is 5.82 Å². The van der Waals surface area contributed by atoms with Crippen molar-refractivity contribution >= 4 is 5.78 Å². The molecule has 1 aliphatic rings. The maximum absolute atomic E-state index is 13.3. The molecule has 2 N–H and O–H groups in total. The van der Waals surface area contributed by atoms with E-state index in [-0.39, 0.29) is 11.6 Å². The zero-order valence-electron chi connectivity index (χ0n) is 11.4. The summed E-state index contributed by atoms with van der Waals surface area (Å²) in [7, 11) is 0. The summed E-state index contributed by atoms with van der Waals surface area (Å²) >= 11 is 0. The fraction of sp³-hybridized carbons (Fsp3) is 0.533. The van der Waals surface area contributed by atoms with Crippen molar-refractivity contribution < 1.29 is 22.4 Å². The molecule has 1 aliphatic carbocycles. The molecule has 0 heterocycles. The van der Waals surface area contributed by atoms with Crippen molar-refractivity contribution in [1.29, 1.82) is 0 Å². The van der Waals surface area contributed by atoms with Crippen LogP contribution in [0.5, 0.6) is 0 Å². The zero-order valence-corrected chi connectivity index (χ0v) is 11.4. The Labute approximate surface area is 120 Å². The molecule has 0 aliphatic heterocycles. The molecule has 0 spiro atoms. The number of hydrogen-bond acceptors (Lipinski definition) is 2. The molecule has 2 rings (SSSR count). The third kappa shape index (κ3) is 3.61. The van der Waals surface area contributed by atoms with Crippen LogP contribution in [0.25, 0.3) is 0 Å². The minimum atomic E-state index is -4.81. The van der Waals surface area contributed by atoms with Crippen molar-refractivity contribution in [3.05, 3.63) is 35.1 Å². The van der Waals surface area contributed by atoms with Gasteiger partial charge in [-0.2, -0.15) is 13.2 Å². The molecule has 2 unspecified atom stereocenters. The molecule has 0 saturated heterocycles. The van der Waals surface area contributed by atoms with Crippen molar-refractivity contribution in [2.24, 2.45) is 11.7 Å². The average molecular weight is 303 g/mol. The van der Waals surface area contributed by atoms with Crippen LogP contribution >= 0.6 is 0 Å². The summed E-state index contributed by atoms with van der Waals surface area (Å²) in [6.07, 6.45) is -0.845. The van der Waals surface area contributed by atoms with Gasteiger partial charge in [0.2, 0.25) is 0 Å². The van der Waals surface area contributed by atoms with Gasteiger partial charge in [-0.15, -0.1) is 0 Å². The number of carbonyl (C=O) groups excluding carboxylic acids is 1. The van der Waals surface area contributed by atoms with Crippen LogP contribution in [0.4, 0.5) is 17.6 Å². The van der Waals surface area contributed by atoms with Crippen LogP contribution in [-0.4, -0.2) is 11.8 Å². The van der Waals surface area contributed by atoms with Gasteiger partial charge in [0.25, 0.3) is 0 Å². The van der Waals surface area contributed by atoms with Gasteiger partial charge in [-0.05, 0) is 31.0 Å². The second-order valence-electron chi connectivity index (χ2n) is 5.46. The first-order valence-electron chi connectivity index (χ1n) is 6.97. The molecule has 0 aromatic heterocycles. The van der Waals surface area contributed by atoms with E-state index < -0.39 is 29.3 Å². The molecular formula is C15H17F4NO. The first-order chi connectivity index (χ1) is 9.80. The van der Waals surface area contributed by atoms with E-state index in [1.54, 1.807) is 0 Å². The summed E-state index contributed by atoms with van der Waals surface area (Å²) in [5, 5.41) is 0. The van der Waals surface area contributed by atoms with Crippen LogP contribution in [0, 0.1) is 11.7 Å². The third-order valence-corrected chi connectivity index (χ3v) is 3.96. The van der Waals surface area contributed by atoms with Crippen molar-refractivity contribution in [3.8, 4) is 0 Å². The molecule has 1 aromatic carbocycles. The molecule has 0 amide bonds. The Kier molecular flexibility index (Phi) is 4.66. The van der Waals surface area contributed by atoms with Gasteiger partial charge in [0.15, 0.2) is 5.78 Å². The second kappa shape index (κ2) is 6.13. The maximum atomic E-state index is 13.3. The van der Waals surface area contributed by atoms with Crippen molar-refractivity contribution in [2.75, 3.05) is 0 Å². The topological polar surface area (TPSA) is 43.1 Å². The SMILES string of the molecule is NC1CCCCCC1C(=O)c1ccc(F)c(C(F)(F)F)c1. The van der Waals surface area contributed by atoms with Gasteiger partial charge in [-0.3, -0.25) is 4.79 Å². The Morgan fingerprint density at radius 2 is 1.81 bits per heavy atom. The molecule has 1 saturated carbocycles. The van der Waals surface area contributed by atoms with Gasteiger partial charge in [0.05, 0.1) is 5.56 Å². The second-order valence-corrected chi connectivity index (χ2v) is 5.46. The largest absolute Gasteiger partial charge is 0.419 e. The molecule has 116 valence electrons. The Bertz CT molecular complexity index is 527. The third-order valence-electron chi connectivity index (χ3n) is 3.96. The van der Waals surface area contributed by atoms with Gasteiger partial charge in [-0.25, -0.2) is 4.39 Å². The minimum Gasteiger partial charge on any atom is -0.327 e. The summed E-state index contributed by atoms with van der Waals surface area (Å²) in [5.74, 6) is -2.28. The Balaban J connectivity index is 2.30. The lowest BCUT2D eigenvalue weighted by Gasteiger charge is -2.20. The summed E-state index contributed by atoms with van der Waals surface area (Å²) < 4.78 is 51.4. The Hall–Kier alpha value is -1.43. The van der Waals surface area contributed by atoms with Crippen molar-refractivity contribution in [2.45, 2.75) is 44.3 Å². The molecule has 0 radical (unpaired) electrons. The number of ketones is 1. The van der Waals surface area contributed by atoms with E-state index in [9.17, 15) is 22.4 Å². The van der Waals surface area contributed by atoms with Gasteiger partial charge in [0, 0.05) is 17.5 Å². The van der Waals surface area contributed by atoms with E-state index in [0.717, 1.165) is 25.3 Å². The van der Waals surface area contributed by atoms with E-state index in [1.165, 1.54) is 0 Å². The van der Waals surface area contributed by atoms with Crippen LogP contribution in [0.1, 0.15) is 48.0 Å². The standard InChI is InChI=1S/C15H17F4NO/c16-12-7-6-9(8-11(12)15(17,18)19)14(21)10-4-2-1-3-5-13(10)20/h6-8,10,13H,1-5,20H2. The molecule has 21 heavy (non-hydrogen) atoms. The van der Waals surface area contributed by atoms with E-state index in [2.05, 4.69) is 0 Å². The normalized spacial score (nSPS) is 23.7.